The lowest BCUT2D eigenvalue weighted by Gasteiger charge is -2.23. The van der Waals surface area contributed by atoms with E-state index in [9.17, 15) is 14.4 Å². The second-order valence-corrected chi connectivity index (χ2v) is 8.84. The van der Waals surface area contributed by atoms with Crippen molar-refractivity contribution >= 4 is 17.7 Å². The number of nitrogens with one attached hydrogen (secondary N) is 1. The van der Waals surface area contributed by atoms with Crippen molar-refractivity contribution in [3.63, 3.8) is 0 Å². The van der Waals surface area contributed by atoms with Gasteiger partial charge in [-0.2, -0.15) is 0 Å². The molecule has 4 rings (SSSR count). The van der Waals surface area contributed by atoms with Crippen molar-refractivity contribution in [2.24, 2.45) is 0 Å². The number of hydrogen-bond acceptors (Lipinski definition) is 3. The minimum Gasteiger partial charge on any atom is -0.319 e. The Balaban J connectivity index is 1.53. The van der Waals surface area contributed by atoms with E-state index < -0.39 is 17.5 Å². The zero-order chi connectivity index (χ0) is 21.5. The summed E-state index contributed by atoms with van der Waals surface area (Å²) in [5.41, 5.74) is 3.78. The Morgan fingerprint density at radius 3 is 2.37 bits per heavy atom. The van der Waals surface area contributed by atoms with Crippen LogP contribution in [0.15, 0.2) is 42.5 Å². The maximum absolute atomic E-state index is 13.1. The summed E-state index contributed by atoms with van der Waals surface area (Å²) in [6.07, 6.45) is 4.33. The molecule has 2 aliphatic rings. The van der Waals surface area contributed by atoms with Gasteiger partial charge in [0.2, 0.25) is 0 Å². The van der Waals surface area contributed by atoms with Crippen molar-refractivity contribution in [3.05, 3.63) is 70.3 Å². The number of ketones is 1. The Morgan fingerprint density at radius 1 is 1.03 bits per heavy atom. The minimum atomic E-state index is -1.16. The van der Waals surface area contributed by atoms with E-state index >= 15 is 0 Å². The number of carbonyl (C=O) groups is 3. The first-order valence-corrected chi connectivity index (χ1v) is 10.7. The Labute approximate surface area is 177 Å². The molecule has 1 N–H and O–H groups in total. The van der Waals surface area contributed by atoms with Crippen molar-refractivity contribution in [2.45, 2.75) is 57.9 Å². The van der Waals surface area contributed by atoms with Crippen molar-refractivity contribution in [1.82, 2.24) is 10.2 Å². The molecule has 2 aromatic carbocycles. The van der Waals surface area contributed by atoms with E-state index in [2.05, 4.69) is 19.2 Å². The zero-order valence-electron chi connectivity index (χ0n) is 17.8. The van der Waals surface area contributed by atoms with Gasteiger partial charge < -0.3 is 5.32 Å². The van der Waals surface area contributed by atoms with Crippen LogP contribution in [0, 0.1) is 0 Å². The lowest BCUT2D eigenvalue weighted by molar-refractivity contribution is -0.130. The number of carbonyl (C=O) groups excluding carboxylic acids is 3. The van der Waals surface area contributed by atoms with Crippen molar-refractivity contribution in [3.8, 4) is 0 Å². The highest BCUT2D eigenvalue weighted by Crippen LogP contribution is 2.30. The lowest BCUT2D eigenvalue weighted by atomic mass is 9.89. The van der Waals surface area contributed by atoms with Gasteiger partial charge in [0.1, 0.15) is 5.54 Å². The number of nitrogens with zero attached hydrogens (tertiary/aromatic N) is 1. The highest BCUT2D eigenvalue weighted by Gasteiger charge is 2.49. The first-order valence-electron chi connectivity index (χ1n) is 10.7. The summed E-state index contributed by atoms with van der Waals surface area (Å²) in [5.74, 6) is -0.228. The van der Waals surface area contributed by atoms with Crippen LogP contribution in [0.5, 0.6) is 0 Å². The second-order valence-electron chi connectivity index (χ2n) is 8.84. The zero-order valence-corrected chi connectivity index (χ0v) is 17.8. The lowest BCUT2D eigenvalue weighted by Crippen LogP contribution is -2.41. The monoisotopic (exact) mass is 404 g/mol. The first-order chi connectivity index (χ1) is 14.3. The average Bonchev–Trinajstić information content (AvgIpc) is 2.97. The van der Waals surface area contributed by atoms with Gasteiger partial charge in [-0.05, 0) is 66.8 Å². The fraction of sp³-hybridized carbons (Fsp3) is 0.400. The third kappa shape index (κ3) is 3.53. The summed E-state index contributed by atoms with van der Waals surface area (Å²) in [4.78, 5) is 39.6. The van der Waals surface area contributed by atoms with E-state index in [0.29, 0.717) is 17.0 Å². The van der Waals surface area contributed by atoms with Gasteiger partial charge in [0.05, 0.1) is 6.54 Å². The SMILES string of the molecule is CC(C)c1ccc(C2(C)NC(=O)N(CC(=O)c3ccc4c(c3)CCCC4)C2=O)cc1. The van der Waals surface area contributed by atoms with E-state index in [1.54, 1.807) is 6.92 Å². The fourth-order valence-electron chi connectivity index (χ4n) is 4.38. The van der Waals surface area contributed by atoms with Crippen LogP contribution >= 0.6 is 0 Å². The van der Waals surface area contributed by atoms with Gasteiger partial charge in [-0.3, -0.25) is 14.5 Å². The highest BCUT2D eigenvalue weighted by atomic mass is 16.2. The number of rotatable bonds is 5. The van der Waals surface area contributed by atoms with Gasteiger partial charge >= 0.3 is 6.03 Å². The maximum atomic E-state index is 13.1. The molecular formula is C25H28N2O3. The molecular weight excluding hydrogens is 376 g/mol. The van der Waals surface area contributed by atoms with Crippen LogP contribution in [-0.2, 0) is 23.2 Å². The van der Waals surface area contributed by atoms with E-state index in [-0.39, 0.29) is 12.3 Å². The normalized spacial score (nSPS) is 21.0. The molecule has 2 aromatic rings. The summed E-state index contributed by atoms with van der Waals surface area (Å²) in [6.45, 7) is 5.66. The van der Waals surface area contributed by atoms with Gasteiger partial charge in [-0.25, -0.2) is 4.79 Å². The molecule has 0 spiro atoms. The van der Waals surface area contributed by atoms with Crippen molar-refractivity contribution in [1.29, 1.82) is 0 Å². The van der Waals surface area contributed by atoms with E-state index in [0.717, 1.165) is 24.2 Å². The molecule has 1 saturated heterocycles. The highest BCUT2D eigenvalue weighted by molar-refractivity contribution is 6.11. The molecule has 1 aliphatic heterocycles. The van der Waals surface area contributed by atoms with Crippen LogP contribution in [0.2, 0.25) is 0 Å². The average molecular weight is 405 g/mol. The van der Waals surface area contributed by atoms with Crippen LogP contribution < -0.4 is 5.32 Å². The number of amides is 3. The van der Waals surface area contributed by atoms with Crippen LogP contribution in [0.4, 0.5) is 4.79 Å². The van der Waals surface area contributed by atoms with Gasteiger partial charge in [0.25, 0.3) is 5.91 Å². The molecule has 0 bridgehead atoms. The molecule has 5 heteroatoms. The smallest absolute Gasteiger partial charge is 0.319 e. The van der Waals surface area contributed by atoms with Crippen molar-refractivity contribution < 1.29 is 14.4 Å². The summed E-state index contributed by atoms with van der Waals surface area (Å²) < 4.78 is 0. The van der Waals surface area contributed by atoms with Gasteiger partial charge in [0.15, 0.2) is 5.78 Å². The molecule has 156 valence electrons. The summed E-state index contributed by atoms with van der Waals surface area (Å²) >= 11 is 0. The van der Waals surface area contributed by atoms with E-state index in [1.807, 2.05) is 42.5 Å². The topological polar surface area (TPSA) is 66.5 Å². The number of urea groups is 1. The quantitative estimate of drug-likeness (QED) is 0.595. The number of imide groups is 1. The van der Waals surface area contributed by atoms with Crippen LogP contribution in [-0.4, -0.2) is 29.2 Å². The summed E-state index contributed by atoms with van der Waals surface area (Å²) in [7, 11) is 0. The molecule has 5 nitrogen and oxygen atoms in total. The molecule has 1 aliphatic carbocycles. The second kappa shape index (κ2) is 7.71. The van der Waals surface area contributed by atoms with Crippen molar-refractivity contribution in [2.75, 3.05) is 6.54 Å². The minimum absolute atomic E-state index is 0.216. The Kier molecular flexibility index (Phi) is 5.22. The molecule has 1 atom stereocenters. The molecule has 1 fully saturated rings. The molecule has 3 amide bonds. The van der Waals surface area contributed by atoms with E-state index in [4.69, 9.17) is 0 Å². The largest absolute Gasteiger partial charge is 0.325 e. The Hall–Kier alpha value is -2.95. The van der Waals surface area contributed by atoms with Gasteiger partial charge in [-0.1, -0.05) is 50.2 Å². The predicted octanol–water partition coefficient (Wildman–Crippen LogP) is 4.34. The van der Waals surface area contributed by atoms with Gasteiger partial charge in [-0.15, -0.1) is 0 Å². The molecule has 0 radical (unpaired) electrons. The predicted molar refractivity (Wildman–Crippen MR) is 116 cm³/mol. The number of fused-ring (bicyclic) bond motifs is 1. The molecule has 1 unspecified atom stereocenters. The number of hydrogen-bond donors (Lipinski definition) is 1. The van der Waals surface area contributed by atoms with E-state index in [1.165, 1.54) is 23.1 Å². The number of benzene rings is 2. The summed E-state index contributed by atoms with van der Waals surface area (Å²) in [5, 5.41) is 2.79. The molecule has 1 heterocycles. The number of Topliss-reactive ketones (excluding diaryl/α,β-unsaturated/α-hetero) is 1. The fourth-order valence-corrected chi connectivity index (χ4v) is 4.38. The Bertz CT molecular complexity index is 1010. The van der Waals surface area contributed by atoms with Gasteiger partial charge in [0, 0.05) is 5.56 Å². The molecule has 0 aromatic heterocycles. The standard InChI is InChI=1S/C25H28N2O3/c1-16(2)17-10-12-21(13-11-17)25(3)23(29)27(24(30)26-25)15-22(28)20-9-8-18-6-4-5-7-19(18)14-20/h8-14,16H,4-7,15H2,1-3H3,(H,26,30). The first kappa shape index (κ1) is 20.3. The molecule has 30 heavy (non-hydrogen) atoms. The Morgan fingerprint density at radius 2 is 1.70 bits per heavy atom. The third-order valence-electron chi connectivity index (χ3n) is 6.40. The van der Waals surface area contributed by atoms with Crippen LogP contribution in [0.3, 0.4) is 0 Å². The maximum Gasteiger partial charge on any atom is 0.325 e. The van der Waals surface area contributed by atoms with Crippen LogP contribution in [0.25, 0.3) is 0 Å². The third-order valence-corrected chi connectivity index (χ3v) is 6.40. The number of aryl methyl sites for hydroxylation is 2. The van der Waals surface area contributed by atoms with Crippen LogP contribution in [0.1, 0.15) is 72.1 Å². The molecule has 0 saturated carbocycles. The summed E-state index contributed by atoms with van der Waals surface area (Å²) in [6, 6.07) is 12.9.